The molecule has 0 unspecified atom stereocenters. The third-order valence-corrected chi connectivity index (χ3v) is 6.92. The molecule has 1 aliphatic rings. The molecule has 6 heteroatoms. The van der Waals surface area contributed by atoms with Crippen molar-refractivity contribution < 1.29 is 4.79 Å². The third-order valence-electron chi connectivity index (χ3n) is 6.16. The molecule has 0 fully saturated rings. The van der Waals surface area contributed by atoms with Gasteiger partial charge in [0.15, 0.2) is 5.01 Å². The lowest BCUT2D eigenvalue weighted by Gasteiger charge is -2.27. The molecule has 0 bridgehead atoms. The summed E-state index contributed by atoms with van der Waals surface area (Å²) >= 11 is 1.48. The summed E-state index contributed by atoms with van der Waals surface area (Å²) in [6.07, 6.45) is 12.2. The highest BCUT2D eigenvalue weighted by atomic mass is 32.1. The van der Waals surface area contributed by atoms with Crippen LogP contribution in [0.25, 0.3) is 16.7 Å². The fraction of sp³-hybridized carbons (Fsp3) is 0.286. The van der Waals surface area contributed by atoms with Gasteiger partial charge in [0.05, 0.1) is 0 Å². The molecule has 0 saturated heterocycles. The smallest absolute Gasteiger partial charge is 0.207 e. The molecule has 1 aromatic heterocycles. The number of nitrogens with one attached hydrogen (secondary N) is 1. The summed E-state index contributed by atoms with van der Waals surface area (Å²) in [7, 11) is 2.02. The lowest BCUT2D eigenvalue weighted by molar-refractivity contribution is -0.109. The molecule has 1 N–H and O–H groups in total. The van der Waals surface area contributed by atoms with Crippen LogP contribution in [0.3, 0.4) is 0 Å². The molecule has 1 heterocycles. The first-order valence-electron chi connectivity index (χ1n) is 11.6. The van der Waals surface area contributed by atoms with Crippen molar-refractivity contribution in [1.82, 2.24) is 10.3 Å². The van der Waals surface area contributed by atoms with Crippen LogP contribution in [0, 0.1) is 12.3 Å². The van der Waals surface area contributed by atoms with Gasteiger partial charge >= 0.3 is 0 Å². The van der Waals surface area contributed by atoms with Crippen LogP contribution in [0.4, 0.5) is 11.5 Å². The molecule has 0 spiro atoms. The van der Waals surface area contributed by atoms with E-state index in [-0.39, 0.29) is 0 Å². The van der Waals surface area contributed by atoms with E-state index >= 15 is 0 Å². The average molecular weight is 471 g/mol. The topological polar surface area (TPSA) is 48.5 Å². The maximum atomic E-state index is 10.8. The predicted octanol–water partition coefficient (Wildman–Crippen LogP) is 5.05. The highest BCUT2D eigenvalue weighted by molar-refractivity contribution is 7.10. The molecule has 174 valence electrons. The van der Waals surface area contributed by atoms with E-state index in [1.165, 1.54) is 52.9 Å². The molecular weight excluding hydrogens is 440 g/mol. The Bertz CT molecular complexity index is 1180. The minimum Gasteiger partial charge on any atom is -0.368 e. The van der Waals surface area contributed by atoms with Crippen molar-refractivity contribution in [2.24, 2.45) is 0 Å². The van der Waals surface area contributed by atoms with Gasteiger partial charge in [0.1, 0.15) is 5.82 Å². The molecule has 1 amide bonds. The molecule has 34 heavy (non-hydrogen) atoms. The monoisotopic (exact) mass is 470 g/mol. The van der Waals surface area contributed by atoms with E-state index in [1.54, 1.807) is 0 Å². The second-order valence-corrected chi connectivity index (χ2v) is 9.24. The normalized spacial score (nSPS) is 12.6. The Kier molecular flexibility index (Phi) is 8.00. The summed E-state index contributed by atoms with van der Waals surface area (Å²) in [6.45, 7) is 2.89. The number of terminal acetylenes is 1. The Morgan fingerprint density at radius 1 is 1.12 bits per heavy atom. The van der Waals surface area contributed by atoms with Crippen LogP contribution in [0.5, 0.6) is 0 Å². The van der Waals surface area contributed by atoms with Crippen molar-refractivity contribution in [3.05, 3.63) is 70.6 Å². The highest BCUT2D eigenvalue weighted by Gasteiger charge is 2.12. The summed E-state index contributed by atoms with van der Waals surface area (Å²) in [6, 6.07) is 17.5. The average Bonchev–Trinajstić information content (AvgIpc) is 3.59. The molecule has 2 aromatic carbocycles. The van der Waals surface area contributed by atoms with Crippen molar-refractivity contribution in [2.75, 3.05) is 43.0 Å². The van der Waals surface area contributed by atoms with Crippen LogP contribution < -0.4 is 15.1 Å². The van der Waals surface area contributed by atoms with Crippen LogP contribution in [0.15, 0.2) is 60.0 Å². The first-order valence-corrected chi connectivity index (χ1v) is 12.5. The number of amides is 1. The Morgan fingerprint density at radius 3 is 2.65 bits per heavy atom. The first-order chi connectivity index (χ1) is 16.7. The quantitative estimate of drug-likeness (QED) is 0.242. The number of carbonyl (C=O) groups excluding carboxylic acids is 1. The van der Waals surface area contributed by atoms with Crippen LogP contribution in [0.1, 0.15) is 29.8 Å². The molecular formula is C28H30N4OS. The molecule has 3 aromatic rings. The number of hydrogen-bond donors (Lipinski definition) is 1. The van der Waals surface area contributed by atoms with Gasteiger partial charge in [-0.25, -0.2) is 4.98 Å². The Morgan fingerprint density at radius 2 is 1.94 bits per heavy atom. The SMILES string of the molecule is C#Cc1nc(N(C)CCN(CCNC=O)c2ccc(-c3cccc(C4=CCCC4)c3)cc2)cs1. The van der Waals surface area contributed by atoms with E-state index in [0.717, 1.165) is 37.5 Å². The molecule has 4 rings (SSSR count). The van der Waals surface area contributed by atoms with Gasteiger partial charge in [0, 0.05) is 44.3 Å². The lowest BCUT2D eigenvalue weighted by atomic mass is 9.98. The minimum atomic E-state index is 0.587. The van der Waals surface area contributed by atoms with Gasteiger partial charge in [-0.05, 0) is 65.6 Å². The number of carbonyl (C=O) groups is 1. The summed E-state index contributed by atoms with van der Waals surface area (Å²) in [5, 5.41) is 5.45. The van der Waals surface area contributed by atoms with Crippen molar-refractivity contribution in [3.63, 3.8) is 0 Å². The number of thiazole rings is 1. The van der Waals surface area contributed by atoms with Gasteiger partial charge in [-0.2, -0.15) is 0 Å². The number of benzene rings is 2. The number of hydrogen-bond acceptors (Lipinski definition) is 5. The van der Waals surface area contributed by atoms with Crippen molar-refractivity contribution >= 4 is 34.8 Å². The number of allylic oxidation sites excluding steroid dienone is 2. The number of rotatable bonds is 11. The number of nitrogens with zero attached hydrogens (tertiary/aromatic N) is 3. The number of likely N-dealkylation sites (N-methyl/N-ethyl adjacent to an activating group) is 1. The minimum absolute atomic E-state index is 0.587. The number of anilines is 2. The Labute approximate surface area is 206 Å². The van der Waals surface area contributed by atoms with E-state index in [9.17, 15) is 4.79 Å². The second-order valence-electron chi connectivity index (χ2n) is 8.39. The van der Waals surface area contributed by atoms with Crippen molar-refractivity contribution in [2.45, 2.75) is 19.3 Å². The van der Waals surface area contributed by atoms with Crippen LogP contribution in [-0.4, -0.2) is 44.6 Å². The maximum Gasteiger partial charge on any atom is 0.207 e. The fourth-order valence-corrected chi connectivity index (χ4v) is 4.88. The van der Waals surface area contributed by atoms with E-state index in [0.29, 0.717) is 11.6 Å². The van der Waals surface area contributed by atoms with Gasteiger partial charge in [0.25, 0.3) is 0 Å². The molecule has 5 nitrogen and oxygen atoms in total. The van der Waals surface area contributed by atoms with E-state index < -0.39 is 0 Å². The van der Waals surface area contributed by atoms with Gasteiger partial charge < -0.3 is 15.1 Å². The molecule has 0 aliphatic heterocycles. The van der Waals surface area contributed by atoms with E-state index in [4.69, 9.17) is 6.42 Å². The summed E-state index contributed by atoms with van der Waals surface area (Å²) in [5.41, 5.74) is 6.36. The summed E-state index contributed by atoms with van der Waals surface area (Å²) < 4.78 is 0. The zero-order valence-corrected chi connectivity index (χ0v) is 20.4. The Hall–Kier alpha value is -3.56. The zero-order valence-electron chi connectivity index (χ0n) is 19.5. The molecule has 0 saturated carbocycles. The standard InChI is InChI=1S/C28H30N4OS/c1-3-28-30-27(20-34-28)31(2)17-18-32(16-15-29-21-33)26-13-11-23(12-14-26)25-10-6-9-24(19-25)22-7-4-5-8-22/h1,6-7,9-14,19-21H,4-5,8,15-18H2,2H3,(H,29,33). The van der Waals surface area contributed by atoms with Crippen molar-refractivity contribution in [1.29, 1.82) is 0 Å². The van der Waals surface area contributed by atoms with Crippen LogP contribution in [0.2, 0.25) is 0 Å². The first kappa shape index (κ1) is 23.6. The summed E-state index contributed by atoms with van der Waals surface area (Å²) in [4.78, 5) is 19.6. The van der Waals surface area contributed by atoms with Gasteiger partial charge in [-0.1, -0.05) is 36.4 Å². The maximum absolute atomic E-state index is 10.8. The van der Waals surface area contributed by atoms with Gasteiger partial charge in [0.2, 0.25) is 6.41 Å². The van der Waals surface area contributed by atoms with Crippen molar-refractivity contribution in [3.8, 4) is 23.5 Å². The van der Waals surface area contributed by atoms with Gasteiger partial charge in [-0.3, -0.25) is 4.79 Å². The second kappa shape index (κ2) is 11.5. The van der Waals surface area contributed by atoms with Crippen LogP contribution in [-0.2, 0) is 4.79 Å². The van der Waals surface area contributed by atoms with Crippen LogP contribution >= 0.6 is 11.3 Å². The van der Waals surface area contributed by atoms with E-state index in [2.05, 4.69) is 80.6 Å². The van der Waals surface area contributed by atoms with Gasteiger partial charge in [-0.15, -0.1) is 17.8 Å². The molecule has 0 radical (unpaired) electrons. The fourth-order valence-electron chi connectivity index (χ4n) is 4.22. The molecule has 0 atom stereocenters. The zero-order chi connectivity index (χ0) is 23.8. The Balaban J connectivity index is 1.46. The van der Waals surface area contributed by atoms with E-state index in [1.807, 2.05) is 12.4 Å². The largest absolute Gasteiger partial charge is 0.368 e. The lowest BCUT2D eigenvalue weighted by Crippen LogP contribution is -2.37. The predicted molar refractivity (Wildman–Crippen MR) is 143 cm³/mol. The molecule has 1 aliphatic carbocycles. The third kappa shape index (κ3) is 5.86. The number of aromatic nitrogens is 1. The summed E-state index contributed by atoms with van der Waals surface area (Å²) in [5.74, 6) is 3.48. The highest BCUT2D eigenvalue weighted by Crippen LogP contribution is 2.31.